The van der Waals surface area contributed by atoms with Gasteiger partial charge in [0.1, 0.15) is 18.1 Å². The van der Waals surface area contributed by atoms with Gasteiger partial charge in [0, 0.05) is 23.6 Å². The van der Waals surface area contributed by atoms with Crippen LogP contribution in [0, 0.1) is 0 Å². The number of hydrogen-bond donors (Lipinski definition) is 2. The lowest BCUT2D eigenvalue weighted by Gasteiger charge is -2.08. The molecule has 0 saturated carbocycles. The molecule has 1 aromatic heterocycles. The zero-order chi connectivity index (χ0) is 18.4. The lowest BCUT2D eigenvalue weighted by molar-refractivity contribution is 0.140. The Morgan fingerprint density at radius 3 is 2.50 bits per heavy atom. The number of rotatable bonds is 7. The maximum Gasteiger partial charge on any atom is 0.407 e. The third-order valence-electron chi connectivity index (χ3n) is 4.17. The number of hydrogen-bond acceptors (Lipinski definition) is 4. The van der Waals surface area contributed by atoms with E-state index in [1.807, 2.05) is 48.7 Å². The van der Waals surface area contributed by atoms with Gasteiger partial charge in [-0.2, -0.15) is 0 Å². The van der Waals surface area contributed by atoms with Crippen LogP contribution in [0.3, 0.4) is 0 Å². The van der Waals surface area contributed by atoms with Gasteiger partial charge >= 0.3 is 6.09 Å². The Morgan fingerprint density at radius 2 is 1.77 bits per heavy atom. The number of amides is 1. The van der Waals surface area contributed by atoms with E-state index >= 15 is 0 Å². The molecule has 2 N–H and O–H groups in total. The maximum atomic E-state index is 11.8. The minimum absolute atomic E-state index is 0.222. The number of nitrogens with one attached hydrogen (secondary N) is 2. The second kappa shape index (κ2) is 8.29. The number of ether oxygens (including phenoxy) is 3. The van der Waals surface area contributed by atoms with Crippen molar-refractivity contribution in [1.82, 2.24) is 10.3 Å². The van der Waals surface area contributed by atoms with Crippen molar-refractivity contribution >= 4 is 17.0 Å². The minimum Gasteiger partial charge on any atom is -0.497 e. The molecule has 6 nitrogen and oxygen atoms in total. The number of fused-ring (bicyclic) bond motifs is 1. The number of alkyl carbamates (subject to hydrolysis) is 1. The number of H-pyrrole nitrogens is 1. The Balaban J connectivity index is 1.47. The molecule has 0 unspecified atom stereocenters. The Kier molecular flexibility index (Phi) is 5.63. The van der Waals surface area contributed by atoms with E-state index in [0.717, 1.165) is 33.5 Å². The molecule has 6 heteroatoms. The summed E-state index contributed by atoms with van der Waals surface area (Å²) in [5.41, 5.74) is 3.07. The highest BCUT2D eigenvalue weighted by Gasteiger charge is 2.07. The summed E-state index contributed by atoms with van der Waals surface area (Å²) in [5.74, 6) is 1.58. The Hall–Kier alpha value is -3.15. The normalized spacial score (nSPS) is 10.5. The molecule has 0 bridgehead atoms. The second-order valence-corrected chi connectivity index (χ2v) is 5.83. The van der Waals surface area contributed by atoms with Crippen LogP contribution in [0.5, 0.6) is 11.5 Å². The van der Waals surface area contributed by atoms with E-state index in [2.05, 4.69) is 10.3 Å². The van der Waals surface area contributed by atoms with Crippen LogP contribution >= 0.6 is 0 Å². The van der Waals surface area contributed by atoms with Gasteiger partial charge in [0.05, 0.1) is 14.2 Å². The summed E-state index contributed by atoms with van der Waals surface area (Å²) >= 11 is 0. The van der Waals surface area contributed by atoms with Gasteiger partial charge < -0.3 is 24.5 Å². The Morgan fingerprint density at radius 1 is 1.04 bits per heavy atom. The fraction of sp³-hybridized carbons (Fsp3) is 0.250. The molecule has 3 aromatic rings. The molecule has 0 radical (unpaired) electrons. The highest BCUT2D eigenvalue weighted by Crippen LogP contribution is 2.23. The van der Waals surface area contributed by atoms with E-state index in [0.29, 0.717) is 13.0 Å². The van der Waals surface area contributed by atoms with Crippen molar-refractivity contribution in [3.8, 4) is 11.5 Å². The predicted molar refractivity (Wildman–Crippen MR) is 99.7 cm³/mol. The molecule has 0 aliphatic carbocycles. The number of carbonyl (C=O) groups excluding carboxylic acids is 1. The van der Waals surface area contributed by atoms with Crippen molar-refractivity contribution in [2.45, 2.75) is 13.0 Å². The summed E-state index contributed by atoms with van der Waals surface area (Å²) in [5, 5.41) is 3.87. The zero-order valence-electron chi connectivity index (χ0n) is 14.9. The van der Waals surface area contributed by atoms with E-state index in [9.17, 15) is 4.79 Å². The van der Waals surface area contributed by atoms with E-state index in [1.165, 1.54) is 0 Å². The molecule has 26 heavy (non-hydrogen) atoms. The topological polar surface area (TPSA) is 72.6 Å². The predicted octanol–water partition coefficient (Wildman–Crippen LogP) is 3.65. The largest absolute Gasteiger partial charge is 0.497 e. The van der Waals surface area contributed by atoms with Crippen molar-refractivity contribution in [3.63, 3.8) is 0 Å². The quantitative estimate of drug-likeness (QED) is 0.679. The standard InChI is InChI=1S/C20H22N2O4/c1-24-16-5-3-14(4-6-16)13-26-20(23)21-10-9-15-12-22-19-8-7-17(25-2)11-18(15)19/h3-8,11-12,22H,9-10,13H2,1-2H3,(H,21,23). The van der Waals surface area contributed by atoms with Crippen LogP contribution in [0.1, 0.15) is 11.1 Å². The van der Waals surface area contributed by atoms with Crippen molar-refractivity contribution in [2.75, 3.05) is 20.8 Å². The molecule has 1 heterocycles. The lowest BCUT2D eigenvalue weighted by atomic mass is 10.1. The average Bonchev–Trinajstić information content (AvgIpc) is 3.09. The maximum absolute atomic E-state index is 11.8. The molecule has 1 amide bonds. The number of methoxy groups -OCH3 is 2. The highest BCUT2D eigenvalue weighted by molar-refractivity contribution is 5.84. The molecule has 0 spiro atoms. The van der Waals surface area contributed by atoms with Crippen molar-refractivity contribution in [1.29, 1.82) is 0 Å². The summed E-state index contributed by atoms with van der Waals surface area (Å²) in [6, 6.07) is 13.3. The fourth-order valence-corrected chi connectivity index (χ4v) is 2.71. The van der Waals surface area contributed by atoms with E-state index in [1.54, 1.807) is 14.2 Å². The SMILES string of the molecule is COc1ccc(COC(=O)NCCc2c[nH]c3ccc(OC)cc23)cc1. The van der Waals surface area contributed by atoms with Gasteiger partial charge in [-0.25, -0.2) is 4.79 Å². The van der Waals surface area contributed by atoms with Crippen LogP contribution in [0.25, 0.3) is 10.9 Å². The first-order valence-electron chi connectivity index (χ1n) is 8.37. The first kappa shape index (κ1) is 17.7. The number of aromatic amines is 1. The lowest BCUT2D eigenvalue weighted by Crippen LogP contribution is -2.26. The molecule has 2 aromatic carbocycles. The average molecular weight is 354 g/mol. The monoisotopic (exact) mass is 354 g/mol. The number of aromatic nitrogens is 1. The van der Waals surface area contributed by atoms with E-state index in [-0.39, 0.29) is 6.61 Å². The van der Waals surface area contributed by atoms with Crippen LogP contribution in [-0.4, -0.2) is 31.8 Å². The molecule has 0 saturated heterocycles. The summed E-state index contributed by atoms with van der Waals surface area (Å²) in [6.45, 7) is 0.714. The Labute approximate surface area is 152 Å². The molecule has 0 aliphatic heterocycles. The molecule has 0 fully saturated rings. The summed E-state index contributed by atoms with van der Waals surface area (Å²) in [4.78, 5) is 15.1. The molecule has 0 atom stereocenters. The van der Waals surface area contributed by atoms with E-state index in [4.69, 9.17) is 14.2 Å². The number of carbonyl (C=O) groups is 1. The molecule has 0 aliphatic rings. The van der Waals surface area contributed by atoms with Gasteiger partial charge in [0.15, 0.2) is 0 Å². The summed E-state index contributed by atoms with van der Waals surface area (Å²) in [7, 11) is 3.26. The summed E-state index contributed by atoms with van der Waals surface area (Å²) < 4.78 is 15.6. The van der Waals surface area contributed by atoms with Crippen LogP contribution in [0.4, 0.5) is 4.79 Å². The van der Waals surface area contributed by atoms with Gasteiger partial charge in [0.2, 0.25) is 0 Å². The van der Waals surface area contributed by atoms with Gasteiger partial charge in [-0.15, -0.1) is 0 Å². The van der Waals surface area contributed by atoms with Gasteiger partial charge in [-0.05, 0) is 47.9 Å². The fourth-order valence-electron chi connectivity index (χ4n) is 2.71. The van der Waals surface area contributed by atoms with Gasteiger partial charge in [0.25, 0.3) is 0 Å². The van der Waals surface area contributed by atoms with Gasteiger partial charge in [-0.3, -0.25) is 0 Å². The molecular formula is C20H22N2O4. The zero-order valence-corrected chi connectivity index (χ0v) is 14.9. The smallest absolute Gasteiger partial charge is 0.407 e. The highest BCUT2D eigenvalue weighted by atomic mass is 16.5. The third kappa shape index (κ3) is 4.27. The van der Waals surface area contributed by atoms with E-state index < -0.39 is 6.09 Å². The van der Waals surface area contributed by atoms with Crippen molar-refractivity contribution in [3.05, 3.63) is 59.8 Å². The molecule has 3 rings (SSSR count). The van der Waals surface area contributed by atoms with Crippen LogP contribution < -0.4 is 14.8 Å². The van der Waals surface area contributed by atoms with Crippen molar-refractivity contribution < 1.29 is 19.0 Å². The van der Waals surface area contributed by atoms with Crippen LogP contribution in [0.2, 0.25) is 0 Å². The van der Waals surface area contributed by atoms with Crippen LogP contribution in [-0.2, 0) is 17.8 Å². The van der Waals surface area contributed by atoms with Crippen molar-refractivity contribution in [2.24, 2.45) is 0 Å². The summed E-state index contributed by atoms with van der Waals surface area (Å²) in [6.07, 6.45) is 2.22. The first-order chi connectivity index (χ1) is 12.7. The number of benzene rings is 2. The second-order valence-electron chi connectivity index (χ2n) is 5.83. The third-order valence-corrected chi connectivity index (χ3v) is 4.17. The first-order valence-corrected chi connectivity index (χ1v) is 8.37. The van der Waals surface area contributed by atoms with Crippen LogP contribution in [0.15, 0.2) is 48.7 Å². The molecule has 136 valence electrons. The Bertz CT molecular complexity index is 871. The minimum atomic E-state index is -0.432. The molecular weight excluding hydrogens is 332 g/mol. The van der Waals surface area contributed by atoms with Gasteiger partial charge in [-0.1, -0.05) is 12.1 Å².